The quantitative estimate of drug-likeness (QED) is 0.630. The molecule has 2 nitrogen and oxygen atoms in total. The smallest absolute Gasteiger partial charge is 0.184 e. The zero-order chi connectivity index (χ0) is 8.72. The summed E-state index contributed by atoms with van der Waals surface area (Å²) in [4.78, 5) is 6.84. The highest BCUT2D eigenvalue weighted by atomic mass is 32.1. The molecular formula is C9H14N2S. The van der Waals surface area contributed by atoms with Crippen molar-refractivity contribution in [2.45, 2.75) is 25.7 Å². The van der Waals surface area contributed by atoms with Gasteiger partial charge in [-0.05, 0) is 19.8 Å². The summed E-state index contributed by atoms with van der Waals surface area (Å²) in [5.41, 5.74) is 1.51. The van der Waals surface area contributed by atoms with Crippen LogP contribution in [0.2, 0.25) is 0 Å². The summed E-state index contributed by atoms with van der Waals surface area (Å²) >= 11 is 1.81. The summed E-state index contributed by atoms with van der Waals surface area (Å²) < 4.78 is 2.25. The Bertz CT molecular complexity index is 355. The molecule has 1 aromatic heterocycles. The summed E-state index contributed by atoms with van der Waals surface area (Å²) in [6.45, 7) is 2.20. The van der Waals surface area contributed by atoms with Crippen molar-refractivity contribution in [1.82, 2.24) is 4.57 Å². The molecule has 1 aliphatic carbocycles. The van der Waals surface area contributed by atoms with Gasteiger partial charge in [0.1, 0.15) is 0 Å². The van der Waals surface area contributed by atoms with Crippen LogP contribution in [0.1, 0.15) is 29.3 Å². The highest BCUT2D eigenvalue weighted by molar-refractivity contribution is 7.09. The highest BCUT2D eigenvalue weighted by Gasteiger charge is 2.28. The van der Waals surface area contributed by atoms with E-state index in [1.165, 1.54) is 23.4 Å². The second-order valence-electron chi connectivity index (χ2n) is 3.38. The number of hydrogen-bond donors (Lipinski definition) is 0. The zero-order valence-corrected chi connectivity index (χ0v) is 8.61. The van der Waals surface area contributed by atoms with Crippen LogP contribution in [0.5, 0.6) is 0 Å². The standard InChI is InChI=1S/C9H14N2S/c1-6-8(7-4-5-7)11(3)9(10-2)12-6/h7H,4-5H2,1-3H3. The van der Waals surface area contributed by atoms with Gasteiger partial charge in [0.25, 0.3) is 0 Å². The van der Waals surface area contributed by atoms with Gasteiger partial charge in [0.15, 0.2) is 4.80 Å². The summed E-state index contributed by atoms with van der Waals surface area (Å²) in [6.07, 6.45) is 2.74. The first-order valence-corrected chi connectivity index (χ1v) is 5.15. The number of aryl methyl sites for hydroxylation is 1. The van der Waals surface area contributed by atoms with E-state index in [-0.39, 0.29) is 0 Å². The summed E-state index contributed by atoms with van der Waals surface area (Å²) in [5.74, 6) is 0.835. The Hall–Kier alpha value is -0.570. The molecule has 0 N–H and O–H groups in total. The first-order valence-electron chi connectivity index (χ1n) is 4.33. The van der Waals surface area contributed by atoms with Crippen molar-refractivity contribution >= 4 is 11.3 Å². The van der Waals surface area contributed by atoms with Gasteiger partial charge in [-0.3, -0.25) is 4.99 Å². The van der Waals surface area contributed by atoms with Crippen LogP contribution in [0.25, 0.3) is 0 Å². The fraction of sp³-hybridized carbons (Fsp3) is 0.667. The minimum absolute atomic E-state index is 0.835. The van der Waals surface area contributed by atoms with E-state index in [1.54, 1.807) is 11.3 Å². The SMILES string of the molecule is CN=c1sc(C)c(C2CC2)n1C. The minimum atomic E-state index is 0.835. The highest BCUT2D eigenvalue weighted by Crippen LogP contribution is 2.41. The lowest BCUT2D eigenvalue weighted by Crippen LogP contribution is -2.12. The third-order valence-corrected chi connectivity index (χ3v) is 3.56. The molecule has 12 heavy (non-hydrogen) atoms. The zero-order valence-electron chi connectivity index (χ0n) is 7.79. The van der Waals surface area contributed by atoms with Gasteiger partial charge in [-0.25, -0.2) is 0 Å². The van der Waals surface area contributed by atoms with E-state index in [9.17, 15) is 0 Å². The van der Waals surface area contributed by atoms with Gasteiger partial charge < -0.3 is 4.57 Å². The van der Waals surface area contributed by atoms with E-state index in [4.69, 9.17) is 0 Å². The second-order valence-corrected chi connectivity index (χ2v) is 4.56. The van der Waals surface area contributed by atoms with E-state index < -0.39 is 0 Å². The molecule has 1 aliphatic rings. The molecule has 0 saturated heterocycles. The molecule has 1 fully saturated rings. The minimum Gasteiger partial charge on any atom is -0.324 e. The predicted molar refractivity (Wildman–Crippen MR) is 51.5 cm³/mol. The molecule has 0 aliphatic heterocycles. The Morgan fingerprint density at radius 2 is 2.17 bits per heavy atom. The molecule has 66 valence electrons. The molecule has 1 aromatic rings. The van der Waals surface area contributed by atoms with Crippen molar-refractivity contribution in [3.8, 4) is 0 Å². The van der Waals surface area contributed by atoms with Crippen LogP contribution in [0, 0.1) is 6.92 Å². The molecule has 1 saturated carbocycles. The number of hydrogen-bond acceptors (Lipinski definition) is 2. The molecule has 0 spiro atoms. The first kappa shape index (κ1) is 8.05. The van der Waals surface area contributed by atoms with Gasteiger partial charge in [-0.1, -0.05) is 0 Å². The monoisotopic (exact) mass is 182 g/mol. The van der Waals surface area contributed by atoms with E-state index >= 15 is 0 Å². The Kier molecular flexibility index (Phi) is 1.83. The topological polar surface area (TPSA) is 17.3 Å². The Morgan fingerprint density at radius 3 is 2.58 bits per heavy atom. The largest absolute Gasteiger partial charge is 0.324 e. The summed E-state index contributed by atoms with van der Waals surface area (Å²) in [6, 6.07) is 0. The van der Waals surface area contributed by atoms with E-state index in [1.807, 2.05) is 7.05 Å². The predicted octanol–water partition coefficient (Wildman–Crippen LogP) is 1.80. The Morgan fingerprint density at radius 1 is 1.50 bits per heavy atom. The van der Waals surface area contributed by atoms with Gasteiger partial charge in [0.05, 0.1) is 0 Å². The van der Waals surface area contributed by atoms with E-state index in [2.05, 4.69) is 23.5 Å². The molecule has 0 bridgehead atoms. The third kappa shape index (κ3) is 1.12. The van der Waals surface area contributed by atoms with Gasteiger partial charge >= 0.3 is 0 Å². The normalized spacial score (nSPS) is 18.8. The van der Waals surface area contributed by atoms with Crippen LogP contribution in [-0.2, 0) is 7.05 Å². The van der Waals surface area contributed by atoms with Crippen molar-refractivity contribution in [2.75, 3.05) is 7.05 Å². The molecular weight excluding hydrogens is 168 g/mol. The Labute approximate surface area is 76.6 Å². The number of nitrogens with zero attached hydrogens (tertiary/aromatic N) is 2. The maximum atomic E-state index is 4.24. The average Bonchev–Trinajstić information content (AvgIpc) is 2.80. The fourth-order valence-electron chi connectivity index (χ4n) is 1.71. The summed E-state index contributed by atoms with van der Waals surface area (Å²) in [7, 11) is 3.99. The first-order chi connectivity index (χ1) is 5.74. The van der Waals surface area contributed by atoms with Crippen LogP contribution in [0.4, 0.5) is 0 Å². The van der Waals surface area contributed by atoms with Crippen molar-refractivity contribution < 1.29 is 0 Å². The molecule has 0 radical (unpaired) electrons. The molecule has 1 heterocycles. The van der Waals surface area contributed by atoms with E-state index in [0.717, 1.165) is 10.7 Å². The van der Waals surface area contributed by atoms with Crippen molar-refractivity contribution in [3.05, 3.63) is 15.4 Å². The lowest BCUT2D eigenvalue weighted by Gasteiger charge is -2.00. The molecule has 0 atom stereocenters. The number of thiazole rings is 1. The molecule has 0 aromatic carbocycles. The lowest BCUT2D eigenvalue weighted by atomic mass is 10.2. The van der Waals surface area contributed by atoms with Crippen LogP contribution in [-0.4, -0.2) is 11.6 Å². The van der Waals surface area contributed by atoms with Gasteiger partial charge in [-0.2, -0.15) is 0 Å². The molecule has 0 unspecified atom stereocenters. The van der Waals surface area contributed by atoms with Crippen molar-refractivity contribution in [2.24, 2.45) is 12.0 Å². The number of aromatic nitrogens is 1. The fourth-order valence-corrected chi connectivity index (χ4v) is 2.72. The number of rotatable bonds is 1. The lowest BCUT2D eigenvalue weighted by molar-refractivity contribution is 0.783. The van der Waals surface area contributed by atoms with Gasteiger partial charge in [-0.15, -0.1) is 11.3 Å². The van der Waals surface area contributed by atoms with Crippen LogP contribution in [0.3, 0.4) is 0 Å². The van der Waals surface area contributed by atoms with E-state index in [0.29, 0.717) is 0 Å². The van der Waals surface area contributed by atoms with Crippen LogP contribution >= 0.6 is 11.3 Å². The van der Waals surface area contributed by atoms with Crippen LogP contribution < -0.4 is 4.80 Å². The summed E-state index contributed by atoms with van der Waals surface area (Å²) in [5, 5.41) is 0. The van der Waals surface area contributed by atoms with Crippen molar-refractivity contribution in [3.63, 3.8) is 0 Å². The average molecular weight is 182 g/mol. The maximum absolute atomic E-state index is 4.24. The van der Waals surface area contributed by atoms with Gasteiger partial charge in [0, 0.05) is 30.6 Å². The molecule has 3 heteroatoms. The molecule has 2 rings (SSSR count). The Balaban J connectivity index is 2.59. The third-order valence-electron chi connectivity index (χ3n) is 2.41. The maximum Gasteiger partial charge on any atom is 0.184 e. The van der Waals surface area contributed by atoms with Gasteiger partial charge in [0.2, 0.25) is 0 Å². The van der Waals surface area contributed by atoms with Crippen molar-refractivity contribution in [1.29, 1.82) is 0 Å². The molecule has 0 amide bonds. The van der Waals surface area contributed by atoms with Crippen LogP contribution in [0.15, 0.2) is 4.99 Å². The second kappa shape index (κ2) is 2.73.